The van der Waals surface area contributed by atoms with Gasteiger partial charge in [0.1, 0.15) is 0 Å². The summed E-state index contributed by atoms with van der Waals surface area (Å²) in [4.78, 5) is 0. The van der Waals surface area contributed by atoms with Crippen LogP contribution in [0.2, 0.25) is 0 Å². The molecule has 0 aliphatic carbocycles. The van der Waals surface area contributed by atoms with Gasteiger partial charge in [0.25, 0.3) is 0 Å². The number of fused-ring (bicyclic) bond motifs is 2. The second-order valence-electron chi connectivity index (χ2n) is 4.66. The van der Waals surface area contributed by atoms with Crippen molar-refractivity contribution in [3.05, 3.63) is 11.9 Å². The standard InChI is InChI=1S/C10H17N5/c11-5-9-6-15(14-13-9)10-3-7-1-2-8(4-10)12-7/h6-8,10,12H,1-5,11H2/t7-,8-/m0/s1. The lowest BCUT2D eigenvalue weighted by Gasteiger charge is -2.28. The van der Waals surface area contributed by atoms with Crippen LogP contribution < -0.4 is 11.1 Å². The van der Waals surface area contributed by atoms with Crippen molar-refractivity contribution in [3.8, 4) is 0 Å². The van der Waals surface area contributed by atoms with Gasteiger partial charge >= 0.3 is 0 Å². The second kappa shape index (κ2) is 3.57. The van der Waals surface area contributed by atoms with E-state index in [0.29, 0.717) is 24.7 Å². The smallest absolute Gasteiger partial charge is 0.0962 e. The number of nitrogens with two attached hydrogens (primary N) is 1. The molecule has 1 aromatic heterocycles. The van der Waals surface area contributed by atoms with Crippen molar-refractivity contribution in [2.24, 2.45) is 5.73 Å². The first-order chi connectivity index (χ1) is 7.35. The van der Waals surface area contributed by atoms with E-state index in [-0.39, 0.29) is 0 Å². The molecule has 0 unspecified atom stereocenters. The molecular formula is C10H17N5. The Morgan fingerprint density at radius 3 is 2.73 bits per heavy atom. The molecule has 2 saturated heterocycles. The van der Waals surface area contributed by atoms with Gasteiger partial charge in [-0.15, -0.1) is 5.10 Å². The van der Waals surface area contributed by atoms with Crippen LogP contribution >= 0.6 is 0 Å². The van der Waals surface area contributed by atoms with Gasteiger partial charge < -0.3 is 11.1 Å². The minimum Gasteiger partial charge on any atom is -0.325 e. The molecule has 0 radical (unpaired) electrons. The minimum atomic E-state index is 0.484. The number of aromatic nitrogens is 3. The highest BCUT2D eigenvalue weighted by molar-refractivity contribution is 4.97. The molecule has 2 atom stereocenters. The van der Waals surface area contributed by atoms with Gasteiger partial charge in [-0.25, -0.2) is 4.68 Å². The van der Waals surface area contributed by atoms with E-state index in [4.69, 9.17) is 5.73 Å². The molecule has 5 nitrogen and oxygen atoms in total. The molecule has 3 heterocycles. The van der Waals surface area contributed by atoms with Crippen molar-refractivity contribution in [2.45, 2.75) is 50.4 Å². The number of nitrogens with one attached hydrogen (secondary N) is 1. The third-order valence-electron chi connectivity index (χ3n) is 3.59. The maximum atomic E-state index is 5.53. The normalized spacial score (nSPS) is 34.6. The van der Waals surface area contributed by atoms with E-state index in [0.717, 1.165) is 5.69 Å². The molecule has 3 rings (SSSR count). The molecule has 0 spiro atoms. The van der Waals surface area contributed by atoms with Gasteiger partial charge in [0, 0.05) is 18.6 Å². The topological polar surface area (TPSA) is 68.8 Å². The zero-order valence-corrected chi connectivity index (χ0v) is 8.76. The maximum Gasteiger partial charge on any atom is 0.0962 e. The summed E-state index contributed by atoms with van der Waals surface area (Å²) in [6, 6.07) is 1.91. The molecule has 2 aliphatic rings. The fourth-order valence-electron chi connectivity index (χ4n) is 2.83. The Morgan fingerprint density at radius 2 is 2.13 bits per heavy atom. The van der Waals surface area contributed by atoms with E-state index in [2.05, 4.69) is 15.6 Å². The van der Waals surface area contributed by atoms with Gasteiger partial charge in [0.2, 0.25) is 0 Å². The number of rotatable bonds is 2. The van der Waals surface area contributed by atoms with Crippen molar-refractivity contribution >= 4 is 0 Å². The van der Waals surface area contributed by atoms with E-state index in [9.17, 15) is 0 Å². The summed E-state index contributed by atoms with van der Waals surface area (Å²) < 4.78 is 2.01. The first-order valence-electron chi connectivity index (χ1n) is 5.72. The van der Waals surface area contributed by atoms with Gasteiger partial charge in [0.05, 0.1) is 17.9 Å². The molecule has 3 N–H and O–H groups in total. The van der Waals surface area contributed by atoms with Gasteiger partial charge in [-0.1, -0.05) is 5.21 Å². The SMILES string of the molecule is NCc1cn(C2C[C@@H]3CC[C@@H](C2)N3)nn1. The monoisotopic (exact) mass is 207 g/mol. The zero-order valence-electron chi connectivity index (χ0n) is 8.76. The van der Waals surface area contributed by atoms with Crippen molar-refractivity contribution in [2.75, 3.05) is 0 Å². The summed E-state index contributed by atoms with van der Waals surface area (Å²) in [5, 5.41) is 11.8. The largest absolute Gasteiger partial charge is 0.325 e. The van der Waals surface area contributed by atoms with Crippen molar-refractivity contribution < 1.29 is 0 Å². The van der Waals surface area contributed by atoms with E-state index < -0.39 is 0 Å². The second-order valence-corrected chi connectivity index (χ2v) is 4.66. The predicted octanol–water partition coefficient (Wildman–Crippen LogP) is 0.192. The van der Waals surface area contributed by atoms with Crippen molar-refractivity contribution in [3.63, 3.8) is 0 Å². The van der Waals surface area contributed by atoms with Gasteiger partial charge in [-0.3, -0.25) is 0 Å². The van der Waals surface area contributed by atoms with Crippen molar-refractivity contribution in [1.29, 1.82) is 0 Å². The summed E-state index contributed by atoms with van der Waals surface area (Å²) in [6.45, 7) is 0.484. The van der Waals surface area contributed by atoms with Gasteiger partial charge in [-0.05, 0) is 25.7 Å². The number of nitrogens with zero attached hydrogens (tertiary/aromatic N) is 3. The highest BCUT2D eigenvalue weighted by atomic mass is 15.4. The van der Waals surface area contributed by atoms with E-state index in [1.807, 2.05) is 10.9 Å². The zero-order chi connectivity index (χ0) is 10.3. The average molecular weight is 207 g/mol. The van der Waals surface area contributed by atoms with Crippen LogP contribution in [0.15, 0.2) is 6.20 Å². The van der Waals surface area contributed by atoms with Gasteiger partial charge in [0.15, 0.2) is 0 Å². The van der Waals surface area contributed by atoms with Crippen LogP contribution in [0.5, 0.6) is 0 Å². The molecule has 2 aliphatic heterocycles. The van der Waals surface area contributed by atoms with Crippen LogP contribution in [-0.2, 0) is 6.54 Å². The van der Waals surface area contributed by atoms with Crippen LogP contribution in [0.4, 0.5) is 0 Å². The molecule has 5 heteroatoms. The van der Waals surface area contributed by atoms with Crippen LogP contribution in [0.1, 0.15) is 37.4 Å². The van der Waals surface area contributed by atoms with E-state index in [1.165, 1.54) is 25.7 Å². The summed E-state index contributed by atoms with van der Waals surface area (Å²) >= 11 is 0. The van der Waals surface area contributed by atoms with Crippen LogP contribution in [0, 0.1) is 0 Å². The molecule has 0 amide bonds. The fourth-order valence-corrected chi connectivity index (χ4v) is 2.83. The molecule has 0 saturated carbocycles. The summed E-state index contributed by atoms with van der Waals surface area (Å²) in [7, 11) is 0. The third-order valence-corrected chi connectivity index (χ3v) is 3.59. The summed E-state index contributed by atoms with van der Waals surface area (Å²) in [5.41, 5.74) is 6.42. The summed E-state index contributed by atoms with van der Waals surface area (Å²) in [6.07, 6.45) is 7.00. The molecule has 2 bridgehead atoms. The quantitative estimate of drug-likeness (QED) is 0.726. The van der Waals surface area contributed by atoms with E-state index >= 15 is 0 Å². The lowest BCUT2D eigenvalue weighted by molar-refractivity contribution is 0.278. The Labute approximate surface area is 89.0 Å². The highest BCUT2D eigenvalue weighted by Crippen LogP contribution is 2.33. The van der Waals surface area contributed by atoms with Crippen LogP contribution in [0.3, 0.4) is 0 Å². The van der Waals surface area contributed by atoms with Crippen molar-refractivity contribution in [1.82, 2.24) is 20.3 Å². The molecular weight excluding hydrogens is 190 g/mol. The molecule has 15 heavy (non-hydrogen) atoms. The average Bonchev–Trinajstić information content (AvgIpc) is 2.85. The van der Waals surface area contributed by atoms with E-state index in [1.54, 1.807) is 0 Å². The minimum absolute atomic E-state index is 0.484. The molecule has 2 fully saturated rings. The highest BCUT2D eigenvalue weighted by Gasteiger charge is 2.34. The molecule has 0 aromatic carbocycles. The Bertz CT molecular complexity index is 335. The fraction of sp³-hybridized carbons (Fsp3) is 0.800. The van der Waals surface area contributed by atoms with Crippen LogP contribution in [0.25, 0.3) is 0 Å². The molecule has 82 valence electrons. The molecule has 1 aromatic rings. The number of hydrogen-bond acceptors (Lipinski definition) is 4. The lowest BCUT2D eigenvalue weighted by Crippen LogP contribution is -2.39. The van der Waals surface area contributed by atoms with Crippen LogP contribution in [-0.4, -0.2) is 27.1 Å². The maximum absolute atomic E-state index is 5.53. The number of hydrogen-bond donors (Lipinski definition) is 2. The number of piperidine rings is 1. The van der Waals surface area contributed by atoms with Gasteiger partial charge in [-0.2, -0.15) is 0 Å². The Hall–Kier alpha value is -0.940. The third kappa shape index (κ3) is 1.66. The summed E-state index contributed by atoms with van der Waals surface area (Å²) in [5.74, 6) is 0. The predicted molar refractivity (Wildman–Crippen MR) is 56.1 cm³/mol. The Balaban J connectivity index is 1.77. The Kier molecular flexibility index (Phi) is 2.21. The lowest BCUT2D eigenvalue weighted by atomic mass is 10.0. The first-order valence-corrected chi connectivity index (χ1v) is 5.72. The Morgan fingerprint density at radius 1 is 1.40 bits per heavy atom. The first kappa shape index (κ1) is 9.30.